The SMILES string of the molecule is COc1cccc(C(=O)N2CSC[C@H]2C(=O)O)c1OC. The average Bonchev–Trinajstić information content (AvgIpc) is 2.95. The zero-order valence-corrected chi connectivity index (χ0v) is 12.0. The van der Waals surface area contributed by atoms with Crippen molar-refractivity contribution in [2.45, 2.75) is 6.04 Å². The van der Waals surface area contributed by atoms with E-state index in [1.54, 1.807) is 18.2 Å². The second kappa shape index (κ2) is 6.04. The Hall–Kier alpha value is -1.89. The molecule has 1 fully saturated rings. The summed E-state index contributed by atoms with van der Waals surface area (Å²) < 4.78 is 10.4. The predicted molar refractivity (Wildman–Crippen MR) is 74.5 cm³/mol. The van der Waals surface area contributed by atoms with Crippen molar-refractivity contribution in [1.29, 1.82) is 0 Å². The number of amides is 1. The zero-order valence-electron chi connectivity index (χ0n) is 11.2. The lowest BCUT2D eigenvalue weighted by Crippen LogP contribution is -2.41. The smallest absolute Gasteiger partial charge is 0.327 e. The van der Waals surface area contributed by atoms with E-state index in [0.29, 0.717) is 28.7 Å². The first-order valence-corrected chi connectivity index (χ1v) is 7.08. The van der Waals surface area contributed by atoms with E-state index in [4.69, 9.17) is 14.6 Å². The van der Waals surface area contributed by atoms with Gasteiger partial charge in [0.05, 0.1) is 25.7 Å². The maximum atomic E-state index is 12.5. The highest BCUT2D eigenvalue weighted by atomic mass is 32.2. The van der Waals surface area contributed by atoms with Crippen molar-refractivity contribution in [1.82, 2.24) is 4.90 Å². The van der Waals surface area contributed by atoms with E-state index in [2.05, 4.69) is 0 Å². The minimum absolute atomic E-state index is 0.306. The molecule has 0 bridgehead atoms. The first-order chi connectivity index (χ1) is 9.60. The molecule has 20 heavy (non-hydrogen) atoms. The van der Waals surface area contributed by atoms with Crippen LogP contribution in [0.4, 0.5) is 0 Å². The van der Waals surface area contributed by atoms with Crippen LogP contribution in [0.15, 0.2) is 18.2 Å². The summed E-state index contributed by atoms with van der Waals surface area (Å²) >= 11 is 1.42. The van der Waals surface area contributed by atoms with Gasteiger partial charge >= 0.3 is 5.97 Å². The molecule has 1 saturated heterocycles. The van der Waals surface area contributed by atoms with Crippen LogP contribution in [0.5, 0.6) is 11.5 Å². The van der Waals surface area contributed by atoms with Gasteiger partial charge in [-0.05, 0) is 12.1 Å². The Bertz CT molecular complexity index is 533. The Labute approximate surface area is 120 Å². The van der Waals surface area contributed by atoms with Crippen LogP contribution in [0.3, 0.4) is 0 Å². The average molecular weight is 297 g/mol. The number of hydrogen-bond donors (Lipinski definition) is 1. The van der Waals surface area contributed by atoms with Crippen LogP contribution >= 0.6 is 11.8 Å². The van der Waals surface area contributed by atoms with Crippen LogP contribution in [0.1, 0.15) is 10.4 Å². The number of aliphatic carboxylic acids is 1. The summed E-state index contributed by atoms with van der Waals surface area (Å²) in [5.74, 6) is 0.158. The van der Waals surface area contributed by atoms with Crippen molar-refractivity contribution in [2.24, 2.45) is 0 Å². The fraction of sp³-hybridized carbons (Fsp3) is 0.385. The van der Waals surface area contributed by atoms with Crippen LogP contribution in [-0.4, -0.2) is 53.8 Å². The third-order valence-corrected chi connectivity index (χ3v) is 4.07. The van der Waals surface area contributed by atoms with Crippen molar-refractivity contribution >= 4 is 23.6 Å². The van der Waals surface area contributed by atoms with Gasteiger partial charge in [-0.25, -0.2) is 4.79 Å². The van der Waals surface area contributed by atoms with Crippen molar-refractivity contribution in [3.63, 3.8) is 0 Å². The Morgan fingerprint density at radius 1 is 1.35 bits per heavy atom. The number of benzene rings is 1. The largest absolute Gasteiger partial charge is 0.493 e. The summed E-state index contributed by atoms with van der Waals surface area (Å²) in [5.41, 5.74) is 0.306. The predicted octanol–water partition coefficient (Wildman–Crippen LogP) is 1.30. The molecule has 7 heteroatoms. The fourth-order valence-electron chi connectivity index (χ4n) is 2.06. The van der Waals surface area contributed by atoms with Gasteiger partial charge in [0.15, 0.2) is 11.5 Å². The maximum absolute atomic E-state index is 12.5. The Kier molecular flexibility index (Phi) is 4.39. The second-order valence-corrected chi connectivity index (χ2v) is 5.17. The number of nitrogens with zero attached hydrogens (tertiary/aromatic N) is 1. The number of thioether (sulfide) groups is 1. The van der Waals surface area contributed by atoms with E-state index in [1.807, 2.05) is 0 Å². The molecule has 1 heterocycles. The first kappa shape index (κ1) is 14.5. The molecule has 0 saturated carbocycles. The minimum atomic E-state index is -0.995. The number of rotatable bonds is 4. The molecule has 1 N–H and O–H groups in total. The van der Waals surface area contributed by atoms with Gasteiger partial charge in [-0.15, -0.1) is 11.8 Å². The topological polar surface area (TPSA) is 76.1 Å². The van der Waals surface area contributed by atoms with Gasteiger partial charge < -0.3 is 19.5 Å². The van der Waals surface area contributed by atoms with E-state index < -0.39 is 12.0 Å². The number of hydrogen-bond acceptors (Lipinski definition) is 5. The van der Waals surface area contributed by atoms with Crippen LogP contribution in [0.2, 0.25) is 0 Å². The number of carboxylic acid groups (broad SMARTS) is 1. The van der Waals surface area contributed by atoms with Crippen molar-refractivity contribution in [3.05, 3.63) is 23.8 Å². The molecule has 2 rings (SSSR count). The summed E-state index contributed by atoms with van der Waals surface area (Å²) in [6.07, 6.45) is 0. The molecule has 0 aliphatic carbocycles. The van der Waals surface area contributed by atoms with E-state index in [1.165, 1.54) is 30.9 Å². The van der Waals surface area contributed by atoms with E-state index in [9.17, 15) is 9.59 Å². The van der Waals surface area contributed by atoms with Gasteiger partial charge in [-0.3, -0.25) is 4.79 Å². The molecule has 1 aromatic carbocycles. The van der Waals surface area contributed by atoms with Gasteiger partial charge in [0, 0.05) is 5.75 Å². The van der Waals surface area contributed by atoms with Gasteiger partial charge in [0.1, 0.15) is 6.04 Å². The van der Waals surface area contributed by atoms with Crippen LogP contribution in [-0.2, 0) is 4.79 Å². The van der Waals surface area contributed by atoms with Gasteiger partial charge in [-0.1, -0.05) is 6.07 Å². The summed E-state index contributed by atoms with van der Waals surface area (Å²) in [5, 5.41) is 9.14. The lowest BCUT2D eigenvalue weighted by molar-refractivity contribution is -0.140. The van der Waals surface area contributed by atoms with E-state index in [0.717, 1.165) is 0 Å². The molecule has 108 valence electrons. The molecule has 1 aromatic rings. The molecule has 0 spiro atoms. The highest BCUT2D eigenvalue weighted by Crippen LogP contribution is 2.33. The quantitative estimate of drug-likeness (QED) is 0.903. The molecule has 0 aromatic heterocycles. The Morgan fingerprint density at radius 3 is 2.70 bits per heavy atom. The van der Waals surface area contributed by atoms with Crippen molar-refractivity contribution < 1.29 is 24.2 Å². The van der Waals surface area contributed by atoms with E-state index in [-0.39, 0.29) is 5.91 Å². The molecule has 1 atom stereocenters. The summed E-state index contributed by atoms with van der Waals surface area (Å²) in [6.45, 7) is 0. The minimum Gasteiger partial charge on any atom is -0.493 e. The summed E-state index contributed by atoms with van der Waals surface area (Å²) in [6, 6.07) is 4.16. The molecule has 1 aliphatic heterocycles. The van der Waals surface area contributed by atoms with Crippen LogP contribution < -0.4 is 9.47 Å². The van der Waals surface area contributed by atoms with Crippen molar-refractivity contribution in [2.75, 3.05) is 25.8 Å². The lowest BCUT2D eigenvalue weighted by Gasteiger charge is -2.22. The Morgan fingerprint density at radius 2 is 2.10 bits per heavy atom. The molecule has 0 radical (unpaired) electrons. The molecule has 1 amide bonds. The van der Waals surface area contributed by atoms with E-state index >= 15 is 0 Å². The van der Waals surface area contributed by atoms with Crippen LogP contribution in [0, 0.1) is 0 Å². The van der Waals surface area contributed by atoms with Gasteiger partial charge in [-0.2, -0.15) is 0 Å². The molecular weight excluding hydrogens is 282 g/mol. The van der Waals surface area contributed by atoms with Crippen LogP contribution in [0.25, 0.3) is 0 Å². The highest BCUT2D eigenvalue weighted by molar-refractivity contribution is 7.99. The zero-order chi connectivity index (χ0) is 14.7. The fourth-order valence-corrected chi connectivity index (χ4v) is 3.20. The molecule has 6 nitrogen and oxygen atoms in total. The molecular formula is C13H15NO5S. The number of carbonyl (C=O) groups excluding carboxylic acids is 1. The summed E-state index contributed by atoms with van der Waals surface area (Å²) in [4.78, 5) is 25.0. The third-order valence-electron chi connectivity index (χ3n) is 3.06. The van der Waals surface area contributed by atoms with Gasteiger partial charge in [0.25, 0.3) is 5.91 Å². The lowest BCUT2D eigenvalue weighted by atomic mass is 10.1. The Balaban J connectivity index is 2.36. The first-order valence-electron chi connectivity index (χ1n) is 5.92. The highest BCUT2D eigenvalue weighted by Gasteiger charge is 2.36. The normalized spacial score (nSPS) is 17.9. The number of carboxylic acids is 1. The van der Waals surface area contributed by atoms with Gasteiger partial charge in [0.2, 0.25) is 0 Å². The molecule has 0 unspecified atom stereocenters. The number of para-hydroxylation sites is 1. The number of ether oxygens (including phenoxy) is 2. The number of carbonyl (C=O) groups is 2. The summed E-state index contributed by atoms with van der Waals surface area (Å²) in [7, 11) is 2.93. The second-order valence-electron chi connectivity index (χ2n) is 4.17. The van der Waals surface area contributed by atoms with Crippen molar-refractivity contribution in [3.8, 4) is 11.5 Å². The standard InChI is InChI=1S/C13H15NO5S/c1-18-10-5-3-4-8(11(10)19-2)12(15)14-7-20-6-9(14)13(16)17/h3-5,9H,6-7H2,1-2H3,(H,16,17)/t9-/m0/s1. The number of methoxy groups -OCH3 is 2. The third kappa shape index (κ3) is 2.53. The maximum Gasteiger partial charge on any atom is 0.327 e. The monoisotopic (exact) mass is 297 g/mol. The molecule has 1 aliphatic rings.